The number of carbonyl (C=O) groups excluding carboxylic acids is 2. The molecule has 1 aromatic heterocycles. The van der Waals surface area contributed by atoms with Crippen molar-refractivity contribution in [3.63, 3.8) is 0 Å². The number of amides is 2. The molecule has 1 heterocycles. The van der Waals surface area contributed by atoms with E-state index < -0.39 is 24.3 Å². The first kappa shape index (κ1) is 25.8. The fourth-order valence-corrected chi connectivity index (χ4v) is 4.40. The van der Waals surface area contributed by atoms with Gasteiger partial charge in [0.25, 0.3) is 0 Å². The Balaban J connectivity index is 1.91. The number of rotatable bonds is 6. The molecule has 1 aliphatic carbocycles. The molecule has 1 N–H and O–H groups in total. The van der Waals surface area contributed by atoms with Crippen LogP contribution < -0.4 is 5.43 Å². The summed E-state index contributed by atoms with van der Waals surface area (Å²) in [5, 5.41) is 1.22. The largest absolute Gasteiger partial charge is 0.469 e. The molecule has 0 spiro atoms. The summed E-state index contributed by atoms with van der Waals surface area (Å²) in [6, 6.07) is 22.9. The highest BCUT2D eigenvalue weighted by Crippen LogP contribution is 2.41. The Bertz CT molecular complexity index is 1210. The fourth-order valence-electron chi connectivity index (χ4n) is 4.40. The third-order valence-corrected chi connectivity index (χ3v) is 5.79. The van der Waals surface area contributed by atoms with Crippen LogP contribution in [0.15, 0.2) is 101 Å². The predicted octanol–water partition coefficient (Wildman–Crippen LogP) is 6.70. The SMILES string of the molecule is CC(C)OC(=O)NN(C(=O)OC(C)C)[C@H]1C(=C(c2ccccc2)c2ccccc2)C=C[C@@H]1c1ccco1. The van der Waals surface area contributed by atoms with E-state index in [4.69, 9.17) is 13.9 Å². The summed E-state index contributed by atoms with van der Waals surface area (Å²) >= 11 is 0. The predicted molar refractivity (Wildman–Crippen MR) is 141 cm³/mol. The lowest BCUT2D eigenvalue weighted by Gasteiger charge is -2.34. The second-order valence-electron chi connectivity index (χ2n) is 9.28. The number of hydrazine groups is 1. The van der Waals surface area contributed by atoms with Crippen molar-refractivity contribution in [2.45, 2.75) is 51.9 Å². The maximum absolute atomic E-state index is 13.5. The summed E-state index contributed by atoms with van der Waals surface area (Å²) < 4.78 is 16.7. The zero-order chi connectivity index (χ0) is 26.4. The summed E-state index contributed by atoms with van der Waals surface area (Å²) in [4.78, 5) is 26.2. The van der Waals surface area contributed by atoms with Gasteiger partial charge in [0.2, 0.25) is 0 Å². The Morgan fingerprint density at radius 2 is 1.43 bits per heavy atom. The van der Waals surface area contributed by atoms with Crippen molar-refractivity contribution in [3.8, 4) is 0 Å². The summed E-state index contributed by atoms with van der Waals surface area (Å²) in [5.74, 6) is 0.268. The van der Waals surface area contributed by atoms with E-state index in [-0.39, 0.29) is 12.0 Å². The fraction of sp³-hybridized carbons (Fsp3) is 0.267. The summed E-state index contributed by atoms with van der Waals surface area (Å²) in [6.07, 6.45) is 3.34. The molecule has 1 aliphatic rings. The molecular weight excluding hydrogens is 468 g/mol. The minimum atomic E-state index is -0.749. The van der Waals surface area contributed by atoms with Crippen LogP contribution in [0.4, 0.5) is 9.59 Å². The highest BCUT2D eigenvalue weighted by molar-refractivity contribution is 5.86. The second kappa shape index (κ2) is 11.6. The molecule has 2 aromatic carbocycles. The van der Waals surface area contributed by atoms with Crippen molar-refractivity contribution in [3.05, 3.63) is 114 Å². The first-order chi connectivity index (χ1) is 17.8. The Morgan fingerprint density at radius 3 is 1.95 bits per heavy atom. The van der Waals surface area contributed by atoms with E-state index in [0.717, 1.165) is 22.3 Å². The van der Waals surface area contributed by atoms with Gasteiger partial charge in [-0.15, -0.1) is 0 Å². The number of carbonyl (C=O) groups is 2. The van der Waals surface area contributed by atoms with Crippen molar-refractivity contribution in [1.82, 2.24) is 10.4 Å². The number of nitrogens with one attached hydrogen (secondary N) is 1. The maximum atomic E-state index is 13.5. The van der Waals surface area contributed by atoms with Crippen LogP contribution in [-0.2, 0) is 9.47 Å². The van der Waals surface area contributed by atoms with Gasteiger partial charge in [-0.1, -0.05) is 72.8 Å². The monoisotopic (exact) mass is 500 g/mol. The lowest BCUT2D eigenvalue weighted by Crippen LogP contribution is -2.54. The minimum absolute atomic E-state index is 0.371. The molecule has 3 aromatic rings. The molecule has 2 amide bonds. The normalized spacial score (nSPS) is 16.6. The van der Waals surface area contributed by atoms with Crippen LogP contribution in [0.2, 0.25) is 0 Å². The average molecular weight is 501 g/mol. The molecule has 0 unspecified atom stereocenters. The van der Waals surface area contributed by atoms with E-state index in [1.165, 1.54) is 5.01 Å². The number of hydrogen-bond donors (Lipinski definition) is 1. The van der Waals surface area contributed by atoms with Gasteiger partial charge in [-0.2, -0.15) is 0 Å². The Labute approximate surface area is 217 Å². The van der Waals surface area contributed by atoms with Crippen LogP contribution in [0.3, 0.4) is 0 Å². The van der Waals surface area contributed by atoms with Gasteiger partial charge in [-0.3, -0.25) is 0 Å². The highest BCUT2D eigenvalue weighted by Gasteiger charge is 2.41. The van der Waals surface area contributed by atoms with Gasteiger partial charge < -0.3 is 13.9 Å². The van der Waals surface area contributed by atoms with E-state index in [2.05, 4.69) is 5.43 Å². The molecule has 37 heavy (non-hydrogen) atoms. The van der Waals surface area contributed by atoms with E-state index in [9.17, 15) is 9.59 Å². The Kier molecular flexibility index (Phi) is 8.13. The van der Waals surface area contributed by atoms with Crippen molar-refractivity contribution in [2.75, 3.05) is 0 Å². The minimum Gasteiger partial charge on any atom is -0.469 e. The lowest BCUT2D eigenvalue weighted by molar-refractivity contribution is 0.0351. The van der Waals surface area contributed by atoms with Crippen LogP contribution in [0.1, 0.15) is 50.5 Å². The van der Waals surface area contributed by atoms with Crippen LogP contribution in [-0.4, -0.2) is 35.4 Å². The molecule has 192 valence electrons. The standard InChI is InChI=1S/C30H32N2O5/c1-20(2)36-29(33)31-32(30(34)37-21(3)4)28-24(26-16-11-19-35-26)17-18-25(28)27(22-12-7-5-8-13-22)23-14-9-6-10-15-23/h5-21,24,28H,1-4H3,(H,31,33)/t24-,28-/m1/s1. The summed E-state index contributed by atoms with van der Waals surface area (Å²) in [6.45, 7) is 7.01. The smallest absolute Gasteiger partial charge is 0.429 e. The van der Waals surface area contributed by atoms with E-state index >= 15 is 0 Å². The first-order valence-corrected chi connectivity index (χ1v) is 12.4. The van der Waals surface area contributed by atoms with Gasteiger partial charge >= 0.3 is 12.2 Å². The van der Waals surface area contributed by atoms with Crippen molar-refractivity contribution >= 4 is 17.8 Å². The number of hydrogen-bond acceptors (Lipinski definition) is 5. The van der Waals surface area contributed by atoms with E-state index in [0.29, 0.717) is 5.76 Å². The van der Waals surface area contributed by atoms with Crippen LogP contribution in [0.5, 0.6) is 0 Å². The van der Waals surface area contributed by atoms with Gasteiger partial charge in [-0.25, -0.2) is 20.0 Å². The Morgan fingerprint density at radius 1 is 0.838 bits per heavy atom. The summed E-state index contributed by atoms with van der Waals surface area (Å²) in [5.41, 5.74) is 6.35. The number of benzene rings is 2. The van der Waals surface area contributed by atoms with Crippen LogP contribution in [0.25, 0.3) is 5.57 Å². The first-order valence-electron chi connectivity index (χ1n) is 12.4. The zero-order valence-electron chi connectivity index (χ0n) is 21.5. The summed E-state index contributed by atoms with van der Waals surface area (Å²) in [7, 11) is 0. The van der Waals surface area contributed by atoms with E-state index in [1.54, 1.807) is 40.0 Å². The molecule has 0 bridgehead atoms. The molecule has 0 fully saturated rings. The molecular formula is C30H32N2O5. The molecule has 0 saturated heterocycles. The highest BCUT2D eigenvalue weighted by atomic mass is 16.6. The van der Waals surface area contributed by atoms with Crippen LogP contribution in [0, 0.1) is 0 Å². The third kappa shape index (κ3) is 6.12. The topological polar surface area (TPSA) is 81.0 Å². The molecule has 0 saturated carbocycles. The van der Waals surface area contributed by atoms with Crippen LogP contribution >= 0.6 is 0 Å². The Hall–Kier alpha value is -4.26. The van der Waals surface area contributed by atoms with Gasteiger partial charge in [0.05, 0.1) is 30.4 Å². The molecule has 7 nitrogen and oxygen atoms in total. The molecule has 7 heteroatoms. The third-order valence-electron chi connectivity index (χ3n) is 5.79. The quantitative estimate of drug-likeness (QED) is 0.381. The second-order valence-corrected chi connectivity index (χ2v) is 9.28. The van der Waals surface area contributed by atoms with Crippen molar-refractivity contribution in [2.24, 2.45) is 0 Å². The molecule has 0 aliphatic heterocycles. The maximum Gasteiger partial charge on any atom is 0.429 e. The van der Waals surface area contributed by atoms with Crippen molar-refractivity contribution < 1.29 is 23.5 Å². The molecule has 0 radical (unpaired) electrons. The van der Waals surface area contributed by atoms with Gasteiger partial charge in [0.15, 0.2) is 0 Å². The van der Waals surface area contributed by atoms with Gasteiger partial charge in [-0.05, 0) is 62.1 Å². The lowest BCUT2D eigenvalue weighted by atomic mass is 9.88. The molecule has 2 atom stereocenters. The zero-order valence-corrected chi connectivity index (χ0v) is 21.5. The number of nitrogens with zero attached hydrogens (tertiary/aromatic N) is 1. The van der Waals surface area contributed by atoms with E-state index in [1.807, 2.05) is 78.9 Å². The van der Waals surface area contributed by atoms with Crippen molar-refractivity contribution in [1.29, 1.82) is 0 Å². The number of ether oxygens (including phenoxy) is 2. The van der Waals surface area contributed by atoms with Gasteiger partial charge in [0, 0.05) is 0 Å². The number of furan rings is 1. The average Bonchev–Trinajstić information content (AvgIpc) is 3.54. The van der Waals surface area contributed by atoms with Gasteiger partial charge in [0.1, 0.15) is 5.76 Å². The molecule has 4 rings (SSSR count).